The highest BCUT2D eigenvalue weighted by Gasteiger charge is 2.23. The molecule has 2 atom stereocenters. The van der Waals surface area contributed by atoms with E-state index in [1.54, 1.807) is 41.5 Å². The highest BCUT2D eigenvalue weighted by atomic mass is 16.6. The summed E-state index contributed by atoms with van der Waals surface area (Å²) in [6.07, 6.45) is -0.647. The minimum atomic E-state index is -0.744. The van der Waals surface area contributed by atoms with Crippen LogP contribution in [0.4, 0.5) is 4.79 Å². The largest absolute Gasteiger partial charge is 0.444 e. The maximum absolute atomic E-state index is 12.0. The van der Waals surface area contributed by atoms with Gasteiger partial charge in [-0.1, -0.05) is 5.16 Å². The van der Waals surface area contributed by atoms with Gasteiger partial charge in [0.15, 0.2) is 5.82 Å². The number of aromatic nitrogens is 2. The van der Waals surface area contributed by atoms with Gasteiger partial charge in [-0.3, -0.25) is 4.79 Å². The van der Waals surface area contributed by atoms with Gasteiger partial charge >= 0.3 is 6.09 Å². The van der Waals surface area contributed by atoms with Crippen molar-refractivity contribution in [3.8, 4) is 0 Å². The second-order valence-corrected chi connectivity index (χ2v) is 5.78. The maximum atomic E-state index is 12.0. The van der Waals surface area contributed by atoms with E-state index in [-0.39, 0.29) is 5.91 Å². The lowest BCUT2D eigenvalue weighted by molar-refractivity contribution is -0.123. The second-order valence-electron chi connectivity index (χ2n) is 5.78. The number of hydrogen-bond donors (Lipinski definition) is 2. The predicted octanol–water partition coefficient (Wildman–Crippen LogP) is 1.47. The van der Waals surface area contributed by atoms with Crippen molar-refractivity contribution in [3.63, 3.8) is 0 Å². The van der Waals surface area contributed by atoms with Crippen LogP contribution in [0.5, 0.6) is 0 Å². The first-order valence-electron chi connectivity index (χ1n) is 6.68. The van der Waals surface area contributed by atoms with Crippen molar-refractivity contribution >= 4 is 12.0 Å². The molecule has 118 valence electrons. The summed E-state index contributed by atoms with van der Waals surface area (Å²) in [5, 5.41) is 8.78. The molecule has 0 saturated heterocycles. The van der Waals surface area contributed by atoms with E-state index in [4.69, 9.17) is 9.26 Å². The van der Waals surface area contributed by atoms with E-state index >= 15 is 0 Å². The van der Waals surface area contributed by atoms with Crippen LogP contribution in [0.2, 0.25) is 0 Å². The normalized spacial score (nSPS) is 14.2. The van der Waals surface area contributed by atoms with Gasteiger partial charge in [-0.25, -0.2) is 4.79 Å². The van der Waals surface area contributed by atoms with Crippen LogP contribution >= 0.6 is 0 Å². The molecule has 0 aliphatic heterocycles. The summed E-state index contributed by atoms with van der Waals surface area (Å²) in [5.74, 6) is 0.431. The quantitative estimate of drug-likeness (QED) is 0.871. The van der Waals surface area contributed by atoms with Crippen LogP contribution in [0.25, 0.3) is 0 Å². The van der Waals surface area contributed by atoms with Crippen LogP contribution < -0.4 is 10.6 Å². The molecule has 0 aliphatic rings. The smallest absolute Gasteiger partial charge is 0.408 e. The van der Waals surface area contributed by atoms with E-state index in [0.29, 0.717) is 11.7 Å². The number of carbonyl (C=O) groups is 2. The molecule has 0 aromatic carbocycles. The van der Waals surface area contributed by atoms with Crippen LogP contribution in [0, 0.1) is 6.92 Å². The molecule has 8 nitrogen and oxygen atoms in total. The Balaban J connectivity index is 2.49. The monoisotopic (exact) mass is 298 g/mol. The zero-order chi connectivity index (χ0) is 16.2. The maximum Gasteiger partial charge on any atom is 0.408 e. The Morgan fingerprint density at radius 3 is 2.33 bits per heavy atom. The number of nitrogens with zero attached hydrogens (tertiary/aromatic N) is 2. The summed E-state index contributed by atoms with van der Waals surface area (Å²) in [5.41, 5.74) is -0.616. The number of hydrogen-bond acceptors (Lipinski definition) is 6. The number of aryl methyl sites for hydroxylation is 1. The molecule has 0 fully saturated rings. The molecular weight excluding hydrogens is 276 g/mol. The third kappa shape index (κ3) is 5.80. The third-order valence-electron chi connectivity index (χ3n) is 2.40. The van der Waals surface area contributed by atoms with Gasteiger partial charge in [-0.15, -0.1) is 0 Å². The topological polar surface area (TPSA) is 106 Å². The summed E-state index contributed by atoms with van der Waals surface area (Å²) in [6, 6.07) is -1.19. The van der Waals surface area contributed by atoms with Gasteiger partial charge in [-0.05, 0) is 41.5 Å². The molecule has 0 radical (unpaired) electrons. The van der Waals surface area contributed by atoms with Crippen molar-refractivity contribution < 1.29 is 18.8 Å². The molecule has 8 heteroatoms. The Kier molecular flexibility index (Phi) is 5.28. The Hall–Kier alpha value is -2.12. The standard InChI is InChI=1S/C13H22N4O4/c1-7(15-12(19)20-13(4,5)6)10(18)14-8(2)11-16-9(3)17-21-11/h7-8H,1-6H3,(H,14,18)(H,15,19)/t7-,8?/m1/s1. The zero-order valence-electron chi connectivity index (χ0n) is 13.2. The number of rotatable bonds is 4. The SMILES string of the molecule is Cc1noc(C(C)NC(=O)[C@@H](C)NC(=O)OC(C)(C)C)n1. The number of amides is 2. The highest BCUT2D eigenvalue weighted by molar-refractivity contribution is 5.85. The second kappa shape index (κ2) is 6.55. The first-order valence-corrected chi connectivity index (χ1v) is 6.68. The molecule has 2 amide bonds. The average Bonchev–Trinajstić information content (AvgIpc) is 2.73. The van der Waals surface area contributed by atoms with E-state index < -0.39 is 23.8 Å². The van der Waals surface area contributed by atoms with Crippen molar-refractivity contribution in [3.05, 3.63) is 11.7 Å². The molecule has 1 aromatic rings. The van der Waals surface area contributed by atoms with Crippen LogP contribution in [0.3, 0.4) is 0 Å². The van der Waals surface area contributed by atoms with Gasteiger partial charge in [0.1, 0.15) is 17.7 Å². The molecule has 1 heterocycles. The molecule has 2 N–H and O–H groups in total. The molecular formula is C13H22N4O4. The Morgan fingerprint density at radius 2 is 1.86 bits per heavy atom. The van der Waals surface area contributed by atoms with Crippen molar-refractivity contribution in [1.29, 1.82) is 0 Å². The van der Waals surface area contributed by atoms with Crippen molar-refractivity contribution in [1.82, 2.24) is 20.8 Å². The molecule has 0 spiro atoms. The highest BCUT2D eigenvalue weighted by Crippen LogP contribution is 2.10. The van der Waals surface area contributed by atoms with Gasteiger partial charge in [0, 0.05) is 0 Å². The number of nitrogens with one attached hydrogen (secondary N) is 2. The van der Waals surface area contributed by atoms with E-state index in [0.717, 1.165) is 0 Å². The van der Waals surface area contributed by atoms with Crippen LogP contribution in [0.15, 0.2) is 4.52 Å². The first kappa shape index (κ1) is 16.9. The van der Waals surface area contributed by atoms with Crippen molar-refractivity contribution in [2.45, 2.75) is 59.2 Å². The summed E-state index contributed by atoms with van der Waals surface area (Å²) >= 11 is 0. The summed E-state index contributed by atoms with van der Waals surface area (Å²) in [6.45, 7) is 10.2. The van der Waals surface area contributed by atoms with Gasteiger partial charge in [-0.2, -0.15) is 4.98 Å². The van der Waals surface area contributed by atoms with E-state index in [1.807, 2.05) is 0 Å². The van der Waals surface area contributed by atoms with Gasteiger partial charge in [0.2, 0.25) is 11.8 Å². The summed E-state index contributed by atoms with van der Waals surface area (Å²) in [7, 11) is 0. The van der Waals surface area contributed by atoms with Gasteiger partial charge in [0.25, 0.3) is 0 Å². The summed E-state index contributed by atoms with van der Waals surface area (Å²) in [4.78, 5) is 27.6. The Morgan fingerprint density at radius 1 is 1.24 bits per heavy atom. The van der Waals surface area contributed by atoms with Gasteiger partial charge in [0.05, 0.1) is 0 Å². The molecule has 0 saturated carbocycles. The molecule has 21 heavy (non-hydrogen) atoms. The molecule has 1 unspecified atom stereocenters. The van der Waals surface area contributed by atoms with Crippen LogP contribution in [-0.4, -0.2) is 33.8 Å². The molecule has 0 bridgehead atoms. The van der Waals surface area contributed by atoms with Crippen LogP contribution in [0.1, 0.15) is 52.4 Å². The lowest BCUT2D eigenvalue weighted by Crippen LogP contribution is -2.47. The van der Waals surface area contributed by atoms with Crippen molar-refractivity contribution in [2.75, 3.05) is 0 Å². The lowest BCUT2D eigenvalue weighted by Gasteiger charge is -2.22. The number of carbonyl (C=O) groups excluding carboxylic acids is 2. The average molecular weight is 298 g/mol. The fourth-order valence-corrected chi connectivity index (χ4v) is 1.44. The zero-order valence-corrected chi connectivity index (χ0v) is 13.2. The number of alkyl carbamates (subject to hydrolysis) is 1. The van der Waals surface area contributed by atoms with Gasteiger partial charge < -0.3 is 19.9 Å². The minimum Gasteiger partial charge on any atom is -0.444 e. The fourth-order valence-electron chi connectivity index (χ4n) is 1.44. The molecule has 1 rings (SSSR count). The van der Waals surface area contributed by atoms with Crippen molar-refractivity contribution in [2.24, 2.45) is 0 Å². The van der Waals surface area contributed by atoms with E-state index in [9.17, 15) is 9.59 Å². The number of ether oxygens (including phenoxy) is 1. The fraction of sp³-hybridized carbons (Fsp3) is 0.692. The molecule has 1 aromatic heterocycles. The Labute approximate surface area is 123 Å². The third-order valence-corrected chi connectivity index (χ3v) is 2.40. The lowest BCUT2D eigenvalue weighted by atomic mass is 10.2. The summed E-state index contributed by atoms with van der Waals surface area (Å²) < 4.78 is 10.0. The first-order chi connectivity index (χ1) is 9.58. The van der Waals surface area contributed by atoms with E-state index in [2.05, 4.69) is 20.8 Å². The molecule has 0 aliphatic carbocycles. The Bertz CT molecular complexity index is 507. The minimum absolute atomic E-state index is 0.310. The van der Waals surface area contributed by atoms with Crippen LogP contribution in [-0.2, 0) is 9.53 Å². The van der Waals surface area contributed by atoms with E-state index in [1.165, 1.54) is 0 Å². The predicted molar refractivity (Wildman–Crippen MR) is 74.4 cm³/mol.